The number of aryl methyl sites for hydroxylation is 1. The summed E-state index contributed by atoms with van der Waals surface area (Å²) in [6, 6.07) is 16.2. The van der Waals surface area contributed by atoms with Crippen LogP contribution in [0.1, 0.15) is 41.6 Å². The molecular weight excluding hydrogens is 546 g/mol. The van der Waals surface area contributed by atoms with Crippen LogP contribution in [0, 0.1) is 0 Å². The predicted octanol–water partition coefficient (Wildman–Crippen LogP) is 3.89. The van der Waals surface area contributed by atoms with E-state index < -0.39 is 26.7 Å². The number of methoxy groups -OCH3 is 1. The number of nitrogens with zero attached hydrogens (tertiary/aromatic N) is 3. The molecule has 11 nitrogen and oxygen atoms in total. The van der Waals surface area contributed by atoms with E-state index in [1.165, 1.54) is 6.20 Å². The van der Waals surface area contributed by atoms with E-state index in [0.29, 0.717) is 40.6 Å². The summed E-state index contributed by atoms with van der Waals surface area (Å²) < 4.78 is 40.5. The van der Waals surface area contributed by atoms with Gasteiger partial charge in [0.2, 0.25) is 10.0 Å². The molecule has 1 fully saturated rings. The second kappa shape index (κ2) is 10.4. The van der Waals surface area contributed by atoms with Gasteiger partial charge < -0.3 is 18.8 Å². The van der Waals surface area contributed by atoms with E-state index in [9.17, 15) is 18.0 Å². The summed E-state index contributed by atoms with van der Waals surface area (Å²) in [4.78, 5) is 34.1. The summed E-state index contributed by atoms with van der Waals surface area (Å²) in [6.07, 6.45) is 3.20. The lowest BCUT2D eigenvalue weighted by molar-refractivity contribution is 0.0973. The van der Waals surface area contributed by atoms with E-state index in [2.05, 4.69) is 19.8 Å². The zero-order chi connectivity index (χ0) is 28.7. The minimum atomic E-state index is -3.89. The lowest BCUT2D eigenvalue weighted by atomic mass is 10.0. The third-order valence-corrected chi connectivity index (χ3v) is 8.96. The number of rotatable bonds is 9. The fourth-order valence-corrected chi connectivity index (χ4v) is 6.22. The van der Waals surface area contributed by atoms with Crippen molar-refractivity contribution < 1.29 is 22.5 Å². The fraction of sp³-hybridized carbons (Fsp3) is 0.241. The van der Waals surface area contributed by atoms with Gasteiger partial charge in [-0.25, -0.2) is 13.1 Å². The number of pyridine rings is 1. The first kappa shape index (κ1) is 26.5. The van der Waals surface area contributed by atoms with Crippen LogP contribution in [0.3, 0.4) is 0 Å². The Labute approximate surface area is 235 Å². The molecule has 2 N–H and O–H groups in total. The molecule has 5 aromatic rings. The number of amides is 1. The predicted molar refractivity (Wildman–Crippen MR) is 152 cm³/mol. The molecule has 1 saturated carbocycles. The maximum Gasteiger partial charge on any atom is 0.282 e. The molecule has 41 heavy (non-hydrogen) atoms. The van der Waals surface area contributed by atoms with Crippen molar-refractivity contribution >= 4 is 26.8 Å². The first-order valence-corrected chi connectivity index (χ1v) is 14.7. The molecule has 1 amide bonds. The van der Waals surface area contributed by atoms with Gasteiger partial charge in [0.15, 0.2) is 5.82 Å². The van der Waals surface area contributed by atoms with Gasteiger partial charge in [0.05, 0.1) is 24.5 Å². The van der Waals surface area contributed by atoms with E-state index in [-0.39, 0.29) is 29.5 Å². The van der Waals surface area contributed by atoms with Gasteiger partial charge in [0.1, 0.15) is 11.4 Å². The molecule has 1 aliphatic carbocycles. The molecule has 0 unspecified atom stereocenters. The van der Waals surface area contributed by atoms with Crippen LogP contribution in [-0.4, -0.2) is 46.4 Å². The van der Waals surface area contributed by atoms with Gasteiger partial charge in [-0.05, 0) is 61.2 Å². The second-order valence-corrected chi connectivity index (χ2v) is 11.8. The molecule has 210 valence electrons. The van der Waals surface area contributed by atoms with Crippen LogP contribution in [0.25, 0.3) is 33.5 Å². The summed E-state index contributed by atoms with van der Waals surface area (Å²) in [5.41, 5.74) is 2.36. The van der Waals surface area contributed by atoms with E-state index >= 15 is 0 Å². The van der Waals surface area contributed by atoms with Crippen molar-refractivity contribution in [3.05, 3.63) is 88.2 Å². The van der Waals surface area contributed by atoms with Crippen molar-refractivity contribution in [2.24, 2.45) is 0 Å². The lowest BCUT2D eigenvalue weighted by Gasteiger charge is -2.11. The number of H-pyrrole nitrogens is 1. The van der Waals surface area contributed by atoms with Gasteiger partial charge in [-0.2, -0.15) is 4.98 Å². The number of para-hydroxylation sites is 1. The van der Waals surface area contributed by atoms with Crippen molar-refractivity contribution in [1.29, 1.82) is 0 Å². The van der Waals surface area contributed by atoms with Crippen LogP contribution >= 0.6 is 0 Å². The number of carbonyl (C=O) groups excluding carboxylic acids is 1. The Morgan fingerprint density at radius 1 is 1.15 bits per heavy atom. The number of fused-ring (bicyclic) bond motifs is 1. The lowest BCUT2D eigenvalue weighted by Crippen LogP contribution is -2.35. The second-order valence-electron chi connectivity index (χ2n) is 9.82. The molecule has 0 aliphatic heterocycles. The minimum Gasteiger partial charge on any atom is -0.496 e. The third-order valence-electron chi connectivity index (χ3n) is 7.14. The summed E-state index contributed by atoms with van der Waals surface area (Å²) >= 11 is 0. The molecule has 0 bridgehead atoms. The minimum absolute atomic E-state index is 0.0119. The number of benzene rings is 2. The van der Waals surface area contributed by atoms with E-state index in [1.807, 2.05) is 37.3 Å². The summed E-state index contributed by atoms with van der Waals surface area (Å²) in [7, 11) is -2.34. The Kier molecular flexibility index (Phi) is 6.70. The number of nitrogens with one attached hydrogen (secondary N) is 2. The zero-order valence-corrected chi connectivity index (χ0v) is 23.2. The monoisotopic (exact) mass is 573 g/mol. The van der Waals surface area contributed by atoms with Crippen LogP contribution < -0.4 is 15.0 Å². The van der Waals surface area contributed by atoms with Gasteiger partial charge in [0, 0.05) is 28.2 Å². The standard InChI is InChI=1S/C29H27N5O6S/c1-3-17-10-13-22-21(15-17)25(20-8-6-14-30-27(20)35)26(28(36)33-41(37,38)18-11-12-18)34(22)16-24-31-29(40-32-24)19-7-4-5-9-23(19)39-2/h4-10,13-15,18H,3,11-12,16H2,1-2H3,(H,30,35)(H,33,36). The topological polar surface area (TPSA) is 149 Å². The number of carbonyl (C=O) groups is 1. The maximum atomic E-state index is 13.8. The highest BCUT2D eigenvalue weighted by molar-refractivity contribution is 7.91. The van der Waals surface area contributed by atoms with Crippen LogP contribution in [0.2, 0.25) is 0 Å². The first-order valence-electron chi connectivity index (χ1n) is 13.2. The molecule has 0 atom stereocenters. The molecular formula is C29H27N5O6S. The highest BCUT2D eigenvalue weighted by Crippen LogP contribution is 2.36. The smallest absolute Gasteiger partial charge is 0.282 e. The van der Waals surface area contributed by atoms with Crippen LogP contribution in [0.4, 0.5) is 0 Å². The molecule has 12 heteroatoms. The van der Waals surface area contributed by atoms with Gasteiger partial charge in [-0.3, -0.25) is 9.59 Å². The molecule has 3 heterocycles. The van der Waals surface area contributed by atoms with Gasteiger partial charge in [-0.15, -0.1) is 0 Å². The Bertz CT molecular complexity index is 1950. The number of aromatic amines is 1. The van der Waals surface area contributed by atoms with Crippen molar-refractivity contribution in [2.75, 3.05) is 7.11 Å². The van der Waals surface area contributed by atoms with Crippen molar-refractivity contribution in [3.63, 3.8) is 0 Å². The molecule has 1 aliphatic rings. The van der Waals surface area contributed by atoms with E-state index in [4.69, 9.17) is 9.26 Å². The Hall–Kier alpha value is -4.71. The maximum absolute atomic E-state index is 13.8. The largest absolute Gasteiger partial charge is 0.496 e. The molecule has 6 rings (SSSR count). The quantitative estimate of drug-likeness (QED) is 0.270. The Balaban J connectivity index is 1.55. The first-order chi connectivity index (χ1) is 19.8. The number of ether oxygens (including phenoxy) is 1. The summed E-state index contributed by atoms with van der Waals surface area (Å²) in [5, 5.41) is 4.15. The fourth-order valence-electron chi connectivity index (χ4n) is 4.94. The van der Waals surface area contributed by atoms with Gasteiger partial charge in [-0.1, -0.05) is 30.3 Å². The van der Waals surface area contributed by atoms with Crippen LogP contribution in [-0.2, 0) is 23.0 Å². The average Bonchev–Trinajstić information content (AvgIpc) is 3.67. The van der Waals surface area contributed by atoms with Crippen LogP contribution in [0.15, 0.2) is 70.1 Å². The summed E-state index contributed by atoms with van der Waals surface area (Å²) in [6.45, 7) is 1.97. The number of hydrogen-bond donors (Lipinski definition) is 2. The Morgan fingerprint density at radius 3 is 2.66 bits per heavy atom. The Morgan fingerprint density at radius 2 is 1.93 bits per heavy atom. The van der Waals surface area contributed by atoms with Crippen LogP contribution in [0.5, 0.6) is 5.75 Å². The van der Waals surface area contributed by atoms with Gasteiger partial charge >= 0.3 is 0 Å². The zero-order valence-electron chi connectivity index (χ0n) is 22.4. The summed E-state index contributed by atoms with van der Waals surface area (Å²) in [5.74, 6) is 0.189. The molecule has 3 aromatic heterocycles. The van der Waals surface area contributed by atoms with Gasteiger partial charge in [0.25, 0.3) is 17.4 Å². The van der Waals surface area contributed by atoms with Crippen molar-refractivity contribution in [1.82, 2.24) is 24.4 Å². The normalized spacial score (nSPS) is 13.4. The number of hydrogen-bond acceptors (Lipinski definition) is 8. The van der Waals surface area contributed by atoms with Crippen molar-refractivity contribution in [3.8, 4) is 28.3 Å². The molecule has 0 spiro atoms. The third kappa shape index (κ3) is 4.91. The highest BCUT2D eigenvalue weighted by Gasteiger charge is 2.38. The number of sulfonamides is 1. The van der Waals surface area contributed by atoms with E-state index in [0.717, 1.165) is 12.0 Å². The number of aromatic nitrogens is 4. The average molecular weight is 574 g/mol. The SMILES string of the molecule is CCc1ccc2c(c1)c(-c1ccc[nH]c1=O)c(C(=O)NS(=O)(=O)C1CC1)n2Cc1noc(-c2ccccc2OC)n1. The van der Waals surface area contributed by atoms with E-state index in [1.54, 1.807) is 35.9 Å². The molecule has 0 radical (unpaired) electrons. The molecule has 0 saturated heterocycles. The highest BCUT2D eigenvalue weighted by atomic mass is 32.2. The van der Waals surface area contributed by atoms with Crippen molar-refractivity contribution in [2.45, 2.75) is 38.0 Å². The molecule has 2 aromatic carbocycles.